The Bertz CT molecular complexity index is 302. The van der Waals surface area contributed by atoms with Crippen molar-refractivity contribution in [2.24, 2.45) is 0 Å². The molecule has 0 bridgehead atoms. The standard InChI is InChI=1S/C12H19NO2S/c1-9(13-7-11(15)8-14)10-3-5-12(16-2)6-4-10/h3-6,9,11,13-15H,7-8H2,1-2H3. The summed E-state index contributed by atoms with van der Waals surface area (Å²) in [5.74, 6) is 0. The first-order chi connectivity index (χ1) is 7.67. The summed E-state index contributed by atoms with van der Waals surface area (Å²) in [6, 6.07) is 8.50. The Morgan fingerprint density at radius 1 is 1.31 bits per heavy atom. The van der Waals surface area contributed by atoms with Crippen molar-refractivity contribution in [2.45, 2.75) is 24.0 Å². The number of hydrogen-bond acceptors (Lipinski definition) is 4. The summed E-state index contributed by atoms with van der Waals surface area (Å²) in [6.45, 7) is 2.24. The van der Waals surface area contributed by atoms with Gasteiger partial charge in [0, 0.05) is 17.5 Å². The van der Waals surface area contributed by atoms with Crippen molar-refractivity contribution in [2.75, 3.05) is 19.4 Å². The van der Waals surface area contributed by atoms with E-state index < -0.39 is 6.10 Å². The van der Waals surface area contributed by atoms with Crippen LogP contribution >= 0.6 is 11.8 Å². The quantitative estimate of drug-likeness (QED) is 0.659. The van der Waals surface area contributed by atoms with Gasteiger partial charge >= 0.3 is 0 Å². The minimum absolute atomic E-state index is 0.178. The van der Waals surface area contributed by atoms with Gasteiger partial charge in [-0.05, 0) is 30.9 Å². The Morgan fingerprint density at radius 3 is 2.44 bits per heavy atom. The van der Waals surface area contributed by atoms with Crippen LogP contribution in [0, 0.1) is 0 Å². The lowest BCUT2D eigenvalue weighted by Crippen LogP contribution is -2.31. The van der Waals surface area contributed by atoms with Gasteiger partial charge in [0.1, 0.15) is 0 Å². The summed E-state index contributed by atoms with van der Waals surface area (Å²) in [5.41, 5.74) is 1.18. The summed E-state index contributed by atoms with van der Waals surface area (Å²) in [5, 5.41) is 21.1. The van der Waals surface area contributed by atoms with E-state index in [0.29, 0.717) is 6.54 Å². The maximum absolute atomic E-state index is 9.22. The molecule has 0 saturated heterocycles. The van der Waals surface area contributed by atoms with Crippen LogP contribution in [0.15, 0.2) is 29.2 Å². The van der Waals surface area contributed by atoms with Crippen molar-refractivity contribution in [3.8, 4) is 0 Å². The molecule has 2 atom stereocenters. The second-order valence-corrected chi connectivity index (χ2v) is 4.62. The Morgan fingerprint density at radius 2 is 1.94 bits per heavy atom. The summed E-state index contributed by atoms with van der Waals surface area (Å²) < 4.78 is 0. The van der Waals surface area contributed by atoms with Crippen LogP contribution in [0.4, 0.5) is 0 Å². The van der Waals surface area contributed by atoms with Crippen LogP contribution in [0.1, 0.15) is 18.5 Å². The summed E-state index contributed by atoms with van der Waals surface area (Å²) >= 11 is 1.72. The molecule has 3 N–H and O–H groups in total. The molecule has 0 radical (unpaired) electrons. The Hall–Kier alpha value is -0.550. The van der Waals surface area contributed by atoms with Crippen molar-refractivity contribution in [3.63, 3.8) is 0 Å². The number of thioether (sulfide) groups is 1. The van der Waals surface area contributed by atoms with E-state index in [9.17, 15) is 5.11 Å². The van der Waals surface area contributed by atoms with E-state index >= 15 is 0 Å². The molecule has 0 aliphatic rings. The normalized spacial score (nSPS) is 14.8. The first kappa shape index (κ1) is 13.5. The van der Waals surface area contributed by atoms with Crippen LogP contribution in [0.25, 0.3) is 0 Å². The van der Waals surface area contributed by atoms with Crippen LogP contribution in [-0.4, -0.2) is 35.7 Å². The number of rotatable bonds is 6. The largest absolute Gasteiger partial charge is 0.394 e. The lowest BCUT2D eigenvalue weighted by Gasteiger charge is -2.16. The van der Waals surface area contributed by atoms with Gasteiger partial charge in [0.2, 0.25) is 0 Å². The van der Waals surface area contributed by atoms with Crippen LogP contribution in [0.2, 0.25) is 0 Å². The average Bonchev–Trinajstić information content (AvgIpc) is 2.35. The van der Waals surface area contributed by atoms with E-state index in [0.717, 1.165) is 0 Å². The average molecular weight is 241 g/mol. The first-order valence-corrected chi connectivity index (χ1v) is 6.56. The molecule has 4 heteroatoms. The van der Waals surface area contributed by atoms with Gasteiger partial charge in [0.05, 0.1) is 12.7 Å². The topological polar surface area (TPSA) is 52.5 Å². The number of aliphatic hydroxyl groups is 2. The Labute approximate surface area is 101 Å². The maximum Gasteiger partial charge on any atom is 0.0895 e. The highest BCUT2D eigenvalue weighted by atomic mass is 32.2. The molecule has 0 saturated carbocycles. The van der Waals surface area contributed by atoms with E-state index in [1.165, 1.54) is 10.5 Å². The van der Waals surface area contributed by atoms with Crippen LogP contribution in [0.5, 0.6) is 0 Å². The lowest BCUT2D eigenvalue weighted by molar-refractivity contribution is 0.0924. The highest BCUT2D eigenvalue weighted by Gasteiger charge is 2.07. The second-order valence-electron chi connectivity index (χ2n) is 3.74. The molecule has 0 aliphatic carbocycles. The molecule has 90 valence electrons. The monoisotopic (exact) mass is 241 g/mol. The zero-order chi connectivity index (χ0) is 12.0. The molecule has 2 unspecified atom stereocenters. The Kier molecular flexibility index (Phi) is 5.84. The SMILES string of the molecule is CSc1ccc(C(C)NCC(O)CO)cc1. The van der Waals surface area contributed by atoms with Crippen molar-refractivity contribution in [1.29, 1.82) is 0 Å². The van der Waals surface area contributed by atoms with E-state index in [-0.39, 0.29) is 12.6 Å². The second kappa shape index (κ2) is 6.91. The number of benzene rings is 1. The van der Waals surface area contributed by atoms with Crippen LogP contribution in [0.3, 0.4) is 0 Å². The van der Waals surface area contributed by atoms with Gasteiger partial charge in [0.15, 0.2) is 0 Å². The van der Waals surface area contributed by atoms with Gasteiger partial charge in [-0.15, -0.1) is 11.8 Å². The molecule has 0 spiro atoms. The maximum atomic E-state index is 9.22. The molecule has 1 aromatic carbocycles. The van der Waals surface area contributed by atoms with Gasteiger partial charge in [0.25, 0.3) is 0 Å². The fourth-order valence-corrected chi connectivity index (χ4v) is 1.80. The zero-order valence-electron chi connectivity index (χ0n) is 9.68. The third kappa shape index (κ3) is 4.14. The number of aliphatic hydroxyl groups excluding tert-OH is 2. The minimum Gasteiger partial charge on any atom is -0.394 e. The van der Waals surface area contributed by atoms with Crippen molar-refractivity contribution in [3.05, 3.63) is 29.8 Å². The van der Waals surface area contributed by atoms with Gasteiger partial charge < -0.3 is 15.5 Å². The van der Waals surface area contributed by atoms with E-state index in [2.05, 4.69) is 29.6 Å². The highest BCUT2D eigenvalue weighted by Crippen LogP contribution is 2.18. The fraction of sp³-hybridized carbons (Fsp3) is 0.500. The molecule has 1 rings (SSSR count). The van der Waals surface area contributed by atoms with Crippen molar-refractivity contribution < 1.29 is 10.2 Å². The molecule has 0 aliphatic heterocycles. The predicted molar refractivity (Wildman–Crippen MR) is 67.7 cm³/mol. The van der Waals surface area contributed by atoms with E-state index in [1.54, 1.807) is 11.8 Å². The minimum atomic E-state index is -0.687. The van der Waals surface area contributed by atoms with Gasteiger partial charge in [-0.25, -0.2) is 0 Å². The molecule has 1 aromatic rings. The molecule has 3 nitrogen and oxygen atoms in total. The molecule has 0 heterocycles. The van der Waals surface area contributed by atoms with Crippen LogP contribution in [-0.2, 0) is 0 Å². The molecule has 0 fully saturated rings. The van der Waals surface area contributed by atoms with E-state index in [1.807, 2.05) is 13.2 Å². The molecular formula is C12H19NO2S. The van der Waals surface area contributed by atoms with Crippen LogP contribution < -0.4 is 5.32 Å². The summed E-state index contributed by atoms with van der Waals surface area (Å²) in [4.78, 5) is 1.24. The first-order valence-electron chi connectivity index (χ1n) is 5.33. The number of nitrogens with one attached hydrogen (secondary N) is 1. The van der Waals surface area contributed by atoms with Gasteiger partial charge in [-0.1, -0.05) is 12.1 Å². The third-order valence-electron chi connectivity index (χ3n) is 2.49. The molecular weight excluding hydrogens is 222 g/mol. The Balaban J connectivity index is 2.49. The summed E-state index contributed by atoms with van der Waals surface area (Å²) in [7, 11) is 0. The molecule has 16 heavy (non-hydrogen) atoms. The lowest BCUT2D eigenvalue weighted by atomic mass is 10.1. The third-order valence-corrected chi connectivity index (χ3v) is 3.23. The van der Waals surface area contributed by atoms with Gasteiger partial charge in [-0.2, -0.15) is 0 Å². The highest BCUT2D eigenvalue weighted by molar-refractivity contribution is 7.98. The molecule has 0 aromatic heterocycles. The van der Waals surface area contributed by atoms with Gasteiger partial charge in [-0.3, -0.25) is 0 Å². The number of hydrogen-bond donors (Lipinski definition) is 3. The zero-order valence-corrected chi connectivity index (χ0v) is 10.5. The van der Waals surface area contributed by atoms with E-state index in [4.69, 9.17) is 5.11 Å². The molecule has 0 amide bonds. The van der Waals surface area contributed by atoms with Crippen molar-refractivity contribution in [1.82, 2.24) is 5.32 Å². The summed E-state index contributed by atoms with van der Waals surface area (Å²) in [6.07, 6.45) is 1.36. The smallest absolute Gasteiger partial charge is 0.0895 e. The predicted octanol–water partition coefficient (Wildman–Crippen LogP) is 1.41. The van der Waals surface area contributed by atoms with Crippen molar-refractivity contribution >= 4 is 11.8 Å². The fourth-order valence-electron chi connectivity index (χ4n) is 1.39.